The van der Waals surface area contributed by atoms with Crippen LogP contribution in [0.15, 0.2) is 0 Å². The fourth-order valence-corrected chi connectivity index (χ4v) is 4.35. The number of thioether (sulfide) groups is 1. The molecule has 1 heterocycles. The lowest BCUT2D eigenvalue weighted by Gasteiger charge is -2.34. The number of nitrogens with two attached hydrogens (primary N) is 1. The Kier molecular flexibility index (Phi) is 4.74. The van der Waals surface area contributed by atoms with Gasteiger partial charge >= 0.3 is 0 Å². The number of hydrogen-bond acceptors (Lipinski definition) is 3. The van der Waals surface area contributed by atoms with Gasteiger partial charge in [0.25, 0.3) is 0 Å². The van der Waals surface area contributed by atoms with Crippen LogP contribution >= 0.6 is 11.8 Å². The van der Waals surface area contributed by atoms with E-state index in [9.17, 15) is 4.79 Å². The third kappa shape index (κ3) is 2.97. The first-order valence-corrected chi connectivity index (χ1v) is 7.94. The van der Waals surface area contributed by atoms with Crippen LogP contribution in [0.5, 0.6) is 0 Å². The topological polar surface area (TPSA) is 46.3 Å². The Labute approximate surface area is 108 Å². The van der Waals surface area contributed by atoms with Gasteiger partial charge in [0.05, 0.1) is 0 Å². The molecule has 3 atom stereocenters. The van der Waals surface area contributed by atoms with Gasteiger partial charge in [0.1, 0.15) is 0 Å². The van der Waals surface area contributed by atoms with Crippen molar-refractivity contribution in [2.75, 3.05) is 25.1 Å². The van der Waals surface area contributed by atoms with E-state index < -0.39 is 0 Å². The highest BCUT2D eigenvalue weighted by Gasteiger charge is 2.34. The van der Waals surface area contributed by atoms with Crippen LogP contribution < -0.4 is 5.73 Å². The summed E-state index contributed by atoms with van der Waals surface area (Å²) in [6.07, 6.45) is 5.78. The van der Waals surface area contributed by atoms with Crippen LogP contribution in [-0.4, -0.2) is 41.9 Å². The van der Waals surface area contributed by atoms with E-state index in [2.05, 4.69) is 0 Å². The van der Waals surface area contributed by atoms with E-state index >= 15 is 0 Å². The lowest BCUT2D eigenvalue weighted by Crippen LogP contribution is -2.45. The van der Waals surface area contributed by atoms with Gasteiger partial charge in [0.15, 0.2) is 0 Å². The monoisotopic (exact) mass is 256 g/mol. The van der Waals surface area contributed by atoms with Gasteiger partial charge in [-0.1, -0.05) is 12.8 Å². The Morgan fingerprint density at radius 3 is 2.76 bits per heavy atom. The zero-order valence-corrected chi connectivity index (χ0v) is 11.5. The molecule has 3 unspecified atom stereocenters. The van der Waals surface area contributed by atoms with Crippen LogP contribution in [0.25, 0.3) is 0 Å². The van der Waals surface area contributed by atoms with Crippen molar-refractivity contribution in [3.05, 3.63) is 0 Å². The molecule has 2 aliphatic rings. The largest absolute Gasteiger partial charge is 0.342 e. The number of carbonyl (C=O) groups is 1. The molecule has 1 amide bonds. The minimum absolute atomic E-state index is 0.198. The SMILES string of the molecule is CN(C(=O)C1CCCCC1CN)C1CCSC1. The maximum absolute atomic E-state index is 12.5. The van der Waals surface area contributed by atoms with Crippen molar-refractivity contribution in [1.29, 1.82) is 0 Å². The molecule has 1 aliphatic carbocycles. The van der Waals surface area contributed by atoms with Crippen molar-refractivity contribution in [3.63, 3.8) is 0 Å². The summed E-state index contributed by atoms with van der Waals surface area (Å²) in [5.74, 6) is 3.29. The molecule has 1 saturated carbocycles. The van der Waals surface area contributed by atoms with Crippen LogP contribution in [-0.2, 0) is 4.79 Å². The number of rotatable bonds is 3. The van der Waals surface area contributed by atoms with Gasteiger partial charge in [-0.05, 0) is 37.5 Å². The molecule has 0 aromatic rings. The van der Waals surface area contributed by atoms with E-state index in [0.717, 1.165) is 25.0 Å². The van der Waals surface area contributed by atoms with Gasteiger partial charge in [-0.2, -0.15) is 11.8 Å². The molecule has 0 spiro atoms. The van der Waals surface area contributed by atoms with E-state index in [0.29, 0.717) is 24.4 Å². The Bertz CT molecular complexity index is 266. The van der Waals surface area contributed by atoms with Crippen molar-refractivity contribution >= 4 is 17.7 Å². The average molecular weight is 256 g/mol. The molecule has 1 aliphatic heterocycles. The van der Waals surface area contributed by atoms with Gasteiger partial charge in [-0.3, -0.25) is 4.79 Å². The second kappa shape index (κ2) is 6.10. The first kappa shape index (κ1) is 13.2. The second-order valence-electron chi connectivity index (χ2n) is 5.35. The summed E-state index contributed by atoms with van der Waals surface area (Å²) in [6, 6.07) is 0.466. The quantitative estimate of drug-likeness (QED) is 0.836. The van der Waals surface area contributed by atoms with Crippen molar-refractivity contribution in [2.24, 2.45) is 17.6 Å². The van der Waals surface area contributed by atoms with E-state index in [1.807, 2.05) is 23.7 Å². The molecule has 4 heteroatoms. The predicted molar refractivity (Wildman–Crippen MR) is 73.0 cm³/mol. The van der Waals surface area contributed by atoms with Crippen LogP contribution in [0.4, 0.5) is 0 Å². The lowest BCUT2D eigenvalue weighted by molar-refractivity contribution is -0.138. The normalized spacial score (nSPS) is 33.6. The molecular formula is C13H24N2OS. The van der Waals surface area contributed by atoms with E-state index in [4.69, 9.17) is 5.73 Å². The third-order valence-electron chi connectivity index (χ3n) is 4.33. The van der Waals surface area contributed by atoms with Crippen LogP contribution in [0.3, 0.4) is 0 Å². The Morgan fingerprint density at radius 1 is 1.35 bits per heavy atom. The zero-order valence-electron chi connectivity index (χ0n) is 10.7. The highest BCUT2D eigenvalue weighted by Crippen LogP contribution is 2.32. The predicted octanol–water partition coefficient (Wildman–Crippen LogP) is 1.72. The number of nitrogens with zero attached hydrogens (tertiary/aromatic N) is 1. The van der Waals surface area contributed by atoms with Gasteiger partial charge < -0.3 is 10.6 Å². The summed E-state index contributed by atoms with van der Waals surface area (Å²) >= 11 is 1.96. The van der Waals surface area contributed by atoms with Crippen LogP contribution in [0.2, 0.25) is 0 Å². The number of hydrogen-bond donors (Lipinski definition) is 1. The lowest BCUT2D eigenvalue weighted by atomic mass is 9.78. The Morgan fingerprint density at radius 2 is 2.12 bits per heavy atom. The minimum Gasteiger partial charge on any atom is -0.342 e. The standard InChI is InChI=1S/C13H24N2OS/c1-15(11-6-7-17-9-11)13(16)12-5-3-2-4-10(12)8-14/h10-12H,2-9,14H2,1H3. The molecule has 0 bridgehead atoms. The molecule has 0 radical (unpaired) electrons. The van der Waals surface area contributed by atoms with Crippen LogP contribution in [0, 0.1) is 11.8 Å². The molecule has 0 aromatic heterocycles. The summed E-state index contributed by atoms with van der Waals surface area (Å²) in [5, 5.41) is 0. The second-order valence-corrected chi connectivity index (χ2v) is 6.50. The number of amides is 1. The minimum atomic E-state index is 0.198. The summed E-state index contributed by atoms with van der Waals surface area (Å²) in [7, 11) is 1.99. The smallest absolute Gasteiger partial charge is 0.226 e. The van der Waals surface area contributed by atoms with E-state index in [1.165, 1.54) is 18.6 Å². The van der Waals surface area contributed by atoms with Crippen LogP contribution in [0.1, 0.15) is 32.1 Å². The maximum atomic E-state index is 12.5. The zero-order chi connectivity index (χ0) is 12.3. The molecule has 2 N–H and O–H groups in total. The van der Waals surface area contributed by atoms with Gasteiger partial charge in [-0.15, -0.1) is 0 Å². The number of carbonyl (C=O) groups excluding carboxylic acids is 1. The average Bonchev–Trinajstić information content (AvgIpc) is 2.90. The molecule has 3 nitrogen and oxygen atoms in total. The van der Waals surface area contributed by atoms with Crippen molar-refractivity contribution in [1.82, 2.24) is 4.90 Å². The fraction of sp³-hybridized carbons (Fsp3) is 0.923. The van der Waals surface area contributed by atoms with Crippen molar-refractivity contribution in [3.8, 4) is 0 Å². The molecule has 2 fully saturated rings. The Hall–Kier alpha value is -0.220. The molecule has 1 saturated heterocycles. The van der Waals surface area contributed by atoms with E-state index in [-0.39, 0.29) is 5.92 Å². The van der Waals surface area contributed by atoms with Crippen molar-refractivity contribution < 1.29 is 4.79 Å². The summed E-state index contributed by atoms with van der Waals surface area (Å²) in [6.45, 7) is 0.670. The fourth-order valence-electron chi connectivity index (χ4n) is 3.08. The molecule has 2 rings (SSSR count). The highest BCUT2D eigenvalue weighted by molar-refractivity contribution is 7.99. The molecular weight excluding hydrogens is 232 g/mol. The summed E-state index contributed by atoms with van der Waals surface area (Å²) in [4.78, 5) is 14.5. The van der Waals surface area contributed by atoms with Crippen molar-refractivity contribution in [2.45, 2.75) is 38.1 Å². The maximum Gasteiger partial charge on any atom is 0.226 e. The van der Waals surface area contributed by atoms with Gasteiger partial charge in [0.2, 0.25) is 5.91 Å². The summed E-state index contributed by atoms with van der Waals surface area (Å²) < 4.78 is 0. The first-order valence-electron chi connectivity index (χ1n) is 6.78. The highest BCUT2D eigenvalue weighted by atomic mass is 32.2. The Balaban J connectivity index is 1.96. The van der Waals surface area contributed by atoms with E-state index in [1.54, 1.807) is 0 Å². The molecule has 17 heavy (non-hydrogen) atoms. The molecule has 0 aromatic carbocycles. The van der Waals surface area contributed by atoms with Gasteiger partial charge in [-0.25, -0.2) is 0 Å². The third-order valence-corrected chi connectivity index (χ3v) is 5.47. The first-order chi connectivity index (χ1) is 8.24. The molecule has 98 valence electrons. The van der Waals surface area contributed by atoms with Gasteiger partial charge in [0, 0.05) is 24.8 Å². The summed E-state index contributed by atoms with van der Waals surface area (Å²) in [5.41, 5.74) is 5.81.